The molecule has 0 bridgehead atoms. The second-order valence-electron chi connectivity index (χ2n) is 11.0. The molecule has 0 radical (unpaired) electrons. The Hall–Kier alpha value is -4.56. The fourth-order valence-corrected chi connectivity index (χ4v) is 6.30. The highest BCUT2D eigenvalue weighted by Crippen LogP contribution is 2.47. The predicted octanol–water partition coefficient (Wildman–Crippen LogP) is 1.55. The average Bonchev–Trinajstić information content (AvgIpc) is 3.60. The van der Waals surface area contributed by atoms with Crippen molar-refractivity contribution in [2.75, 3.05) is 13.1 Å². The van der Waals surface area contributed by atoms with Gasteiger partial charge in [0.25, 0.3) is 0 Å². The summed E-state index contributed by atoms with van der Waals surface area (Å²) in [5.41, 5.74) is 16.6. The van der Waals surface area contributed by atoms with E-state index in [1.807, 2.05) is 25.1 Å². The normalized spacial score (nSPS) is 20.4. The SMILES string of the molecule is C=C(N)c1ccc2c(c1)CCc1cc(C(N)=O)ccc1C2(C[C@@H](C)NCC(=O)N1CCC[C@H]1C#N)c1nnn(C)n1. The zero-order valence-corrected chi connectivity index (χ0v) is 23.4. The van der Waals surface area contributed by atoms with Crippen LogP contribution in [0, 0.1) is 11.3 Å². The number of amides is 2. The van der Waals surface area contributed by atoms with Crippen molar-refractivity contribution >= 4 is 17.5 Å². The largest absolute Gasteiger partial charge is 0.399 e. The van der Waals surface area contributed by atoms with E-state index >= 15 is 0 Å². The minimum absolute atomic E-state index is 0.0913. The molecule has 11 heteroatoms. The summed E-state index contributed by atoms with van der Waals surface area (Å²) in [6, 6.07) is 13.3. The number of aryl methyl sites for hydroxylation is 3. The van der Waals surface area contributed by atoms with Crippen molar-refractivity contribution in [1.82, 2.24) is 30.4 Å². The molecular formula is C30H35N9O2. The van der Waals surface area contributed by atoms with Crippen molar-refractivity contribution in [2.45, 2.75) is 56.5 Å². The molecule has 2 aliphatic rings. The zero-order chi connectivity index (χ0) is 29.3. The van der Waals surface area contributed by atoms with Gasteiger partial charge in [0, 0.05) is 23.8 Å². The van der Waals surface area contributed by atoms with Crippen LogP contribution in [0.25, 0.3) is 5.70 Å². The van der Waals surface area contributed by atoms with Crippen LogP contribution in [-0.4, -0.2) is 62.1 Å². The van der Waals surface area contributed by atoms with Gasteiger partial charge in [-0.1, -0.05) is 24.8 Å². The van der Waals surface area contributed by atoms with Crippen LogP contribution in [0.2, 0.25) is 0 Å². The molecule has 1 saturated heterocycles. The lowest BCUT2D eigenvalue weighted by atomic mass is 9.67. The molecule has 1 fully saturated rings. The van der Waals surface area contributed by atoms with Crippen LogP contribution >= 0.6 is 0 Å². The maximum absolute atomic E-state index is 13.0. The number of nitriles is 1. The van der Waals surface area contributed by atoms with Crippen molar-refractivity contribution in [3.8, 4) is 6.07 Å². The smallest absolute Gasteiger partial charge is 0.248 e. The topological polar surface area (TPSA) is 169 Å². The number of nitrogens with zero attached hydrogens (tertiary/aromatic N) is 6. The lowest BCUT2D eigenvalue weighted by Gasteiger charge is -2.36. The Kier molecular flexibility index (Phi) is 7.60. The number of hydrogen-bond donors (Lipinski definition) is 3. The van der Waals surface area contributed by atoms with Crippen LogP contribution in [-0.2, 0) is 30.1 Å². The fourth-order valence-electron chi connectivity index (χ4n) is 6.30. The number of fused-ring (bicyclic) bond motifs is 2. The first-order chi connectivity index (χ1) is 19.6. The van der Waals surface area contributed by atoms with Gasteiger partial charge in [0.1, 0.15) is 6.04 Å². The Morgan fingerprint density at radius 3 is 2.41 bits per heavy atom. The van der Waals surface area contributed by atoms with E-state index < -0.39 is 11.3 Å². The first kappa shape index (κ1) is 28.0. The van der Waals surface area contributed by atoms with E-state index in [-0.39, 0.29) is 24.5 Å². The number of carbonyl (C=O) groups is 2. The summed E-state index contributed by atoms with van der Waals surface area (Å²) < 4.78 is 0. The van der Waals surface area contributed by atoms with Crippen LogP contribution in [0.1, 0.15) is 70.2 Å². The molecule has 3 aromatic rings. The van der Waals surface area contributed by atoms with Crippen LogP contribution in [0.4, 0.5) is 0 Å². The molecule has 1 aliphatic carbocycles. The first-order valence-corrected chi connectivity index (χ1v) is 13.8. The molecule has 1 unspecified atom stereocenters. The van der Waals surface area contributed by atoms with E-state index in [2.05, 4.69) is 40.4 Å². The number of nitrogens with one attached hydrogen (secondary N) is 1. The highest BCUT2D eigenvalue weighted by molar-refractivity contribution is 5.93. The van der Waals surface area contributed by atoms with Crippen molar-refractivity contribution in [1.29, 1.82) is 5.26 Å². The Morgan fingerprint density at radius 2 is 1.83 bits per heavy atom. The number of rotatable bonds is 8. The first-order valence-electron chi connectivity index (χ1n) is 13.8. The Balaban J connectivity index is 1.61. The third-order valence-electron chi connectivity index (χ3n) is 8.28. The van der Waals surface area contributed by atoms with Gasteiger partial charge in [0.05, 0.1) is 25.1 Å². The van der Waals surface area contributed by atoms with E-state index in [4.69, 9.17) is 16.6 Å². The van der Waals surface area contributed by atoms with Gasteiger partial charge in [-0.25, -0.2) is 0 Å². The molecule has 2 aromatic carbocycles. The number of carbonyl (C=O) groups excluding carboxylic acids is 2. The number of likely N-dealkylation sites (tertiary alicyclic amines) is 1. The van der Waals surface area contributed by atoms with Crippen LogP contribution in [0.5, 0.6) is 0 Å². The lowest BCUT2D eigenvalue weighted by Crippen LogP contribution is -2.45. The Bertz CT molecular complexity index is 1490. The minimum atomic E-state index is -0.863. The minimum Gasteiger partial charge on any atom is -0.399 e. The maximum Gasteiger partial charge on any atom is 0.248 e. The summed E-state index contributed by atoms with van der Waals surface area (Å²) in [5, 5.41) is 26.3. The molecule has 5 N–H and O–H groups in total. The van der Waals surface area contributed by atoms with Gasteiger partial charge in [-0.15, -0.1) is 10.2 Å². The molecule has 1 aromatic heterocycles. The van der Waals surface area contributed by atoms with Gasteiger partial charge in [-0.3, -0.25) is 9.59 Å². The maximum atomic E-state index is 13.0. The van der Waals surface area contributed by atoms with Crippen molar-refractivity contribution in [2.24, 2.45) is 18.5 Å². The monoisotopic (exact) mass is 553 g/mol. The van der Waals surface area contributed by atoms with Gasteiger partial charge in [0.2, 0.25) is 11.8 Å². The molecule has 0 spiro atoms. The predicted molar refractivity (Wildman–Crippen MR) is 153 cm³/mol. The number of benzene rings is 2. The van der Waals surface area contributed by atoms with E-state index in [1.54, 1.807) is 18.0 Å². The Morgan fingerprint density at radius 1 is 1.17 bits per heavy atom. The van der Waals surface area contributed by atoms with Gasteiger partial charge in [0.15, 0.2) is 5.82 Å². The van der Waals surface area contributed by atoms with Gasteiger partial charge < -0.3 is 21.7 Å². The van der Waals surface area contributed by atoms with Gasteiger partial charge in [-0.2, -0.15) is 10.1 Å². The van der Waals surface area contributed by atoms with Crippen molar-refractivity contribution < 1.29 is 9.59 Å². The zero-order valence-electron chi connectivity index (χ0n) is 23.4. The van der Waals surface area contributed by atoms with E-state index in [1.165, 1.54) is 4.80 Å². The van der Waals surface area contributed by atoms with Crippen molar-refractivity contribution in [3.63, 3.8) is 0 Å². The van der Waals surface area contributed by atoms with Crippen molar-refractivity contribution in [3.05, 3.63) is 82.2 Å². The summed E-state index contributed by atoms with van der Waals surface area (Å²) >= 11 is 0. The van der Waals surface area contributed by atoms with E-state index in [9.17, 15) is 14.9 Å². The Labute approximate surface area is 239 Å². The molecule has 5 rings (SSSR count). The second kappa shape index (κ2) is 11.1. The van der Waals surface area contributed by atoms with Crippen LogP contribution < -0.4 is 16.8 Å². The fraction of sp³-hybridized carbons (Fsp3) is 0.400. The third kappa shape index (κ3) is 5.18. The number of tetrazole rings is 1. The standard InChI is InChI=1S/C30H35N9O2/c1-18(34-17-27(40)39-12-4-5-24(39)16-31)15-30(29-35-37-38(3)36-29)25-10-8-20(19(2)32)13-21(25)6-7-22-14-23(28(33)41)9-11-26(22)30/h8-11,13-14,18,24,34H,2,4-7,12,15,17,32H2,1,3H3,(H2,33,41)/t18-,24+,30?/m1/s1. The molecule has 2 heterocycles. The lowest BCUT2D eigenvalue weighted by molar-refractivity contribution is -0.130. The molecule has 0 saturated carbocycles. The summed E-state index contributed by atoms with van der Waals surface area (Å²) in [7, 11) is 1.72. The third-order valence-corrected chi connectivity index (χ3v) is 8.28. The average molecular weight is 554 g/mol. The quantitative estimate of drug-likeness (QED) is 0.377. The molecule has 3 atom stereocenters. The van der Waals surface area contributed by atoms with E-state index in [0.717, 1.165) is 34.2 Å². The van der Waals surface area contributed by atoms with E-state index in [0.29, 0.717) is 49.3 Å². The molecule has 212 valence electrons. The van der Waals surface area contributed by atoms with Gasteiger partial charge in [-0.05, 0) is 90.3 Å². The molecule has 41 heavy (non-hydrogen) atoms. The number of nitrogens with two attached hydrogens (primary N) is 2. The molecule has 2 amide bonds. The number of aromatic nitrogens is 4. The summed E-state index contributed by atoms with van der Waals surface area (Å²) in [4.78, 5) is 28.2. The highest BCUT2D eigenvalue weighted by atomic mass is 16.2. The summed E-state index contributed by atoms with van der Waals surface area (Å²) in [6.07, 6.45) is 3.39. The molecule has 11 nitrogen and oxygen atoms in total. The number of primary amides is 1. The molecule has 1 aliphatic heterocycles. The summed E-state index contributed by atoms with van der Waals surface area (Å²) in [5.74, 6) is -0.0725. The van der Waals surface area contributed by atoms with Gasteiger partial charge >= 0.3 is 0 Å². The summed E-state index contributed by atoms with van der Waals surface area (Å²) in [6.45, 7) is 6.65. The second-order valence-corrected chi connectivity index (χ2v) is 11.0. The van der Waals surface area contributed by atoms with Crippen LogP contribution in [0.15, 0.2) is 43.0 Å². The highest BCUT2D eigenvalue weighted by Gasteiger charge is 2.46. The molecular weight excluding hydrogens is 518 g/mol. The number of hydrogen-bond acceptors (Lipinski definition) is 8. The van der Waals surface area contributed by atoms with Crippen LogP contribution in [0.3, 0.4) is 0 Å².